The summed E-state index contributed by atoms with van der Waals surface area (Å²) in [6, 6.07) is 7.61. The van der Waals surface area contributed by atoms with Crippen molar-refractivity contribution < 1.29 is 9.53 Å². The first-order valence-corrected chi connectivity index (χ1v) is 9.83. The molecule has 142 valence electrons. The molecule has 2 aromatic rings. The Kier molecular flexibility index (Phi) is 7.90. The predicted octanol–water partition coefficient (Wildman–Crippen LogP) is 3.09. The number of nitrogens with one attached hydrogen (secondary N) is 1. The van der Waals surface area contributed by atoms with Gasteiger partial charge in [-0.15, -0.1) is 5.10 Å². The molecule has 7 nitrogen and oxygen atoms in total. The number of tetrazole rings is 1. The summed E-state index contributed by atoms with van der Waals surface area (Å²) < 4.78 is 6.77. The maximum atomic E-state index is 12.2. The Morgan fingerprint density at radius 1 is 1.23 bits per heavy atom. The third-order valence-electron chi connectivity index (χ3n) is 3.92. The van der Waals surface area contributed by atoms with Gasteiger partial charge in [-0.2, -0.15) is 4.68 Å². The Balaban J connectivity index is 1.84. The molecular weight excluding hydrogens is 350 g/mol. The zero-order valence-corrected chi connectivity index (χ0v) is 16.6. The number of methoxy groups -OCH3 is 1. The smallest absolute Gasteiger partial charge is 0.230 e. The zero-order valence-electron chi connectivity index (χ0n) is 15.8. The third-order valence-corrected chi connectivity index (χ3v) is 4.84. The van der Waals surface area contributed by atoms with Gasteiger partial charge in [0.05, 0.1) is 18.6 Å². The molecule has 0 radical (unpaired) electrons. The predicted molar refractivity (Wildman–Crippen MR) is 103 cm³/mol. The summed E-state index contributed by atoms with van der Waals surface area (Å²) in [6.07, 6.45) is 3.31. The molecule has 1 atom stereocenters. The van der Waals surface area contributed by atoms with Gasteiger partial charge >= 0.3 is 0 Å². The monoisotopic (exact) mass is 377 g/mol. The second kappa shape index (κ2) is 10.2. The molecule has 1 amide bonds. The first-order valence-electron chi connectivity index (χ1n) is 8.84. The first-order chi connectivity index (χ1) is 12.5. The Hall–Kier alpha value is -2.09. The molecule has 2 rings (SSSR count). The number of benzene rings is 1. The molecule has 8 heteroatoms. The van der Waals surface area contributed by atoms with E-state index in [4.69, 9.17) is 4.74 Å². The molecule has 1 N–H and O–H groups in total. The highest BCUT2D eigenvalue weighted by Gasteiger charge is 2.13. The molecule has 0 aliphatic rings. The number of amides is 1. The molecule has 1 aromatic carbocycles. The molecule has 0 fully saturated rings. The molecule has 1 aromatic heterocycles. The van der Waals surface area contributed by atoms with Crippen LogP contribution in [0.2, 0.25) is 0 Å². The van der Waals surface area contributed by atoms with Gasteiger partial charge in [0.15, 0.2) is 0 Å². The van der Waals surface area contributed by atoms with Crippen molar-refractivity contribution in [3.8, 4) is 11.4 Å². The lowest BCUT2D eigenvalue weighted by Gasteiger charge is -2.14. The van der Waals surface area contributed by atoms with Crippen molar-refractivity contribution in [3.63, 3.8) is 0 Å². The summed E-state index contributed by atoms with van der Waals surface area (Å²) in [4.78, 5) is 12.2. The Bertz CT molecular complexity index is 687. The van der Waals surface area contributed by atoms with Gasteiger partial charge in [-0.25, -0.2) is 0 Å². The number of aromatic nitrogens is 4. The highest BCUT2D eigenvalue weighted by atomic mass is 32.2. The number of thioether (sulfide) groups is 1. The fourth-order valence-corrected chi connectivity index (χ4v) is 3.21. The largest absolute Gasteiger partial charge is 0.497 e. The van der Waals surface area contributed by atoms with E-state index in [1.54, 1.807) is 11.8 Å². The minimum Gasteiger partial charge on any atom is -0.497 e. The number of hydrogen-bond donors (Lipinski definition) is 1. The number of nitrogens with zero attached hydrogens (tertiary/aromatic N) is 4. The lowest BCUT2D eigenvalue weighted by molar-refractivity contribution is -0.119. The summed E-state index contributed by atoms with van der Waals surface area (Å²) in [5.74, 6) is 1.74. The van der Waals surface area contributed by atoms with Crippen LogP contribution in [0, 0.1) is 5.92 Å². The van der Waals surface area contributed by atoms with Gasteiger partial charge in [0, 0.05) is 6.04 Å². The van der Waals surface area contributed by atoms with E-state index in [0.717, 1.165) is 24.3 Å². The van der Waals surface area contributed by atoms with Crippen molar-refractivity contribution in [3.05, 3.63) is 24.3 Å². The number of ether oxygens (including phenoxy) is 1. The Labute approximate surface area is 158 Å². The van der Waals surface area contributed by atoms with Gasteiger partial charge in [-0.1, -0.05) is 38.5 Å². The van der Waals surface area contributed by atoms with Crippen molar-refractivity contribution in [2.45, 2.75) is 51.2 Å². The molecule has 26 heavy (non-hydrogen) atoms. The van der Waals surface area contributed by atoms with E-state index in [2.05, 4.69) is 34.7 Å². The average molecular weight is 378 g/mol. The van der Waals surface area contributed by atoms with Crippen LogP contribution in [0.1, 0.15) is 40.0 Å². The fraction of sp³-hybridized carbons (Fsp3) is 0.556. The summed E-state index contributed by atoms with van der Waals surface area (Å²) in [5, 5.41) is 15.3. The van der Waals surface area contributed by atoms with Crippen molar-refractivity contribution in [2.24, 2.45) is 5.92 Å². The highest BCUT2D eigenvalue weighted by Crippen LogP contribution is 2.20. The highest BCUT2D eigenvalue weighted by molar-refractivity contribution is 7.99. The summed E-state index contributed by atoms with van der Waals surface area (Å²) in [5.41, 5.74) is 0.820. The summed E-state index contributed by atoms with van der Waals surface area (Å²) in [7, 11) is 1.62. The van der Waals surface area contributed by atoms with Gasteiger partial charge in [0.1, 0.15) is 5.75 Å². The summed E-state index contributed by atoms with van der Waals surface area (Å²) in [6.45, 7) is 6.48. The van der Waals surface area contributed by atoms with Gasteiger partial charge in [-0.05, 0) is 54.0 Å². The van der Waals surface area contributed by atoms with Gasteiger partial charge in [0.25, 0.3) is 0 Å². The molecule has 0 spiro atoms. The van der Waals surface area contributed by atoms with Crippen LogP contribution < -0.4 is 10.1 Å². The van der Waals surface area contributed by atoms with Crippen molar-refractivity contribution >= 4 is 17.7 Å². The van der Waals surface area contributed by atoms with Crippen LogP contribution in [0.4, 0.5) is 0 Å². The molecule has 0 saturated carbocycles. The van der Waals surface area contributed by atoms with E-state index in [0.29, 0.717) is 11.1 Å². The van der Waals surface area contributed by atoms with E-state index < -0.39 is 0 Å². The van der Waals surface area contributed by atoms with Crippen LogP contribution in [0.15, 0.2) is 29.4 Å². The molecular formula is C18H27N5O2S. The van der Waals surface area contributed by atoms with E-state index in [-0.39, 0.29) is 17.7 Å². The van der Waals surface area contributed by atoms with Crippen LogP contribution in [-0.4, -0.2) is 45.0 Å². The summed E-state index contributed by atoms with van der Waals surface area (Å²) >= 11 is 1.32. The molecule has 0 bridgehead atoms. The topological polar surface area (TPSA) is 81.9 Å². The molecule has 0 aliphatic carbocycles. The minimum absolute atomic E-state index is 0.00340. The van der Waals surface area contributed by atoms with E-state index in [1.165, 1.54) is 18.2 Å². The average Bonchev–Trinajstić information content (AvgIpc) is 3.08. The number of carbonyl (C=O) groups is 1. The van der Waals surface area contributed by atoms with Gasteiger partial charge < -0.3 is 10.1 Å². The number of carbonyl (C=O) groups excluding carboxylic acids is 1. The maximum absolute atomic E-state index is 12.2. The zero-order chi connectivity index (χ0) is 18.9. The standard InChI is InChI=1S/C18H27N5O2S/c1-13(2)6-5-7-14(3)19-17(24)12-26-18-20-21-22-23(18)15-8-10-16(25-4)11-9-15/h8-11,13-14H,5-7,12H2,1-4H3,(H,19,24). The van der Waals surface area contributed by atoms with E-state index in [1.807, 2.05) is 31.2 Å². The molecule has 1 unspecified atom stereocenters. The maximum Gasteiger partial charge on any atom is 0.230 e. The first kappa shape index (κ1) is 20.2. The van der Waals surface area contributed by atoms with Gasteiger partial charge in [0.2, 0.25) is 11.1 Å². The van der Waals surface area contributed by atoms with Crippen molar-refractivity contribution in [1.29, 1.82) is 0 Å². The molecule has 0 saturated heterocycles. The Morgan fingerprint density at radius 3 is 2.62 bits per heavy atom. The lowest BCUT2D eigenvalue weighted by Crippen LogP contribution is -2.33. The van der Waals surface area contributed by atoms with E-state index in [9.17, 15) is 4.79 Å². The third kappa shape index (κ3) is 6.33. The lowest BCUT2D eigenvalue weighted by atomic mass is 10.0. The molecule has 0 aliphatic heterocycles. The minimum atomic E-state index is -0.00340. The van der Waals surface area contributed by atoms with Crippen LogP contribution >= 0.6 is 11.8 Å². The van der Waals surface area contributed by atoms with Crippen LogP contribution in [0.5, 0.6) is 5.75 Å². The van der Waals surface area contributed by atoms with E-state index >= 15 is 0 Å². The fourth-order valence-electron chi connectivity index (χ4n) is 2.51. The van der Waals surface area contributed by atoms with Gasteiger partial charge in [-0.3, -0.25) is 4.79 Å². The SMILES string of the molecule is COc1ccc(-n2nnnc2SCC(=O)NC(C)CCCC(C)C)cc1. The van der Waals surface area contributed by atoms with Crippen molar-refractivity contribution in [1.82, 2.24) is 25.5 Å². The quantitative estimate of drug-likeness (QED) is 0.641. The Morgan fingerprint density at radius 2 is 1.96 bits per heavy atom. The van der Waals surface area contributed by atoms with Crippen LogP contribution in [0.3, 0.4) is 0 Å². The second-order valence-electron chi connectivity index (χ2n) is 6.65. The number of rotatable bonds is 10. The number of hydrogen-bond acceptors (Lipinski definition) is 6. The second-order valence-corrected chi connectivity index (χ2v) is 7.60. The molecule has 1 heterocycles. The van der Waals surface area contributed by atoms with Crippen LogP contribution in [0.25, 0.3) is 5.69 Å². The van der Waals surface area contributed by atoms with Crippen molar-refractivity contribution in [2.75, 3.05) is 12.9 Å². The normalized spacial score (nSPS) is 12.2. The van der Waals surface area contributed by atoms with Crippen LogP contribution in [-0.2, 0) is 4.79 Å².